The van der Waals surface area contributed by atoms with Gasteiger partial charge in [-0.15, -0.1) is 0 Å². The van der Waals surface area contributed by atoms with Crippen molar-refractivity contribution in [2.45, 2.75) is 38.8 Å². The van der Waals surface area contributed by atoms with Gasteiger partial charge in [0.1, 0.15) is 0 Å². The van der Waals surface area contributed by atoms with Crippen molar-refractivity contribution in [1.82, 2.24) is 9.55 Å². The molecule has 0 radical (unpaired) electrons. The molecule has 1 aliphatic heterocycles. The number of hydrogen-bond acceptors (Lipinski definition) is 3. The molecule has 1 aliphatic rings. The molecular weight excluding hydrogens is 202 g/mol. The Labute approximate surface area is 96.8 Å². The summed E-state index contributed by atoms with van der Waals surface area (Å²) in [6, 6.07) is 0.113. The number of nitrogens with two attached hydrogens (primary N) is 1. The number of rotatable bonds is 4. The molecule has 0 aromatic carbocycles. The van der Waals surface area contributed by atoms with E-state index in [0.29, 0.717) is 5.92 Å². The molecule has 1 atom stereocenters. The van der Waals surface area contributed by atoms with Crippen LogP contribution in [0.15, 0.2) is 12.5 Å². The first-order valence-corrected chi connectivity index (χ1v) is 6.14. The van der Waals surface area contributed by atoms with Gasteiger partial charge in [-0.05, 0) is 25.2 Å². The zero-order valence-corrected chi connectivity index (χ0v) is 9.93. The Kier molecular flexibility index (Phi) is 3.96. The van der Waals surface area contributed by atoms with Crippen LogP contribution < -0.4 is 5.73 Å². The molecule has 1 fully saturated rings. The summed E-state index contributed by atoms with van der Waals surface area (Å²) in [4.78, 5) is 4.21. The van der Waals surface area contributed by atoms with Crippen molar-refractivity contribution in [3.63, 3.8) is 0 Å². The number of nitrogens with zero attached hydrogens (tertiary/aromatic N) is 2. The van der Waals surface area contributed by atoms with E-state index in [4.69, 9.17) is 10.5 Å². The van der Waals surface area contributed by atoms with Crippen molar-refractivity contribution in [1.29, 1.82) is 0 Å². The maximum atomic E-state index is 6.06. The molecule has 0 unspecified atom stereocenters. The van der Waals surface area contributed by atoms with E-state index in [-0.39, 0.29) is 6.04 Å². The zero-order valence-electron chi connectivity index (χ0n) is 9.93. The quantitative estimate of drug-likeness (QED) is 0.845. The second kappa shape index (κ2) is 5.46. The number of aromatic nitrogens is 2. The van der Waals surface area contributed by atoms with E-state index in [1.54, 1.807) is 0 Å². The van der Waals surface area contributed by atoms with Crippen LogP contribution in [0.25, 0.3) is 0 Å². The molecule has 1 aromatic rings. The Hall–Kier alpha value is -0.870. The lowest BCUT2D eigenvalue weighted by atomic mass is 10.00. The summed E-state index contributed by atoms with van der Waals surface area (Å²) in [5, 5.41) is 0. The molecule has 0 spiro atoms. The summed E-state index contributed by atoms with van der Waals surface area (Å²) in [6.45, 7) is 4.94. The van der Waals surface area contributed by atoms with Gasteiger partial charge in [0.05, 0.1) is 12.0 Å². The van der Waals surface area contributed by atoms with Gasteiger partial charge in [0.2, 0.25) is 0 Å². The summed E-state index contributed by atoms with van der Waals surface area (Å²) >= 11 is 0. The van der Waals surface area contributed by atoms with Gasteiger partial charge >= 0.3 is 0 Å². The minimum Gasteiger partial charge on any atom is -0.381 e. The topological polar surface area (TPSA) is 53.1 Å². The van der Waals surface area contributed by atoms with Crippen molar-refractivity contribution in [3.8, 4) is 0 Å². The van der Waals surface area contributed by atoms with E-state index < -0.39 is 0 Å². The van der Waals surface area contributed by atoms with Crippen molar-refractivity contribution >= 4 is 0 Å². The van der Waals surface area contributed by atoms with Gasteiger partial charge < -0.3 is 15.0 Å². The van der Waals surface area contributed by atoms with Crippen LogP contribution in [0, 0.1) is 5.92 Å². The van der Waals surface area contributed by atoms with E-state index in [1.807, 2.05) is 12.5 Å². The third-order valence-corrected chi connectivity index (χ3v) is 3.36. The lowest BCUT2D eigenvalue weighted by Gasteiger charge is -2.24. The van der Waals surface area contributed by atoms with Gasteiger partial charge in [0.15, 0.2) is 0 Å². The Morgan fingerprint density at radius 2 is 2.31 bits per heavy atom. The number of hydrogen-bond donors (Lipinski definition) is 1. The fourth-order valence-electron chi connectivity index (χ4n) is 2.21. The molecule has 2 rings (SSSR count). The highest BCUT2D eigenvalue weighted by molar-refractivity contribution is 5.04. The molecule has 0 saturated carbocycles. The summed E-state index contributed by atoms with van der Waals surface area (Å²) in [5.74, 6) is 0.714. The SMILES string of the molecule is CC[C@@H](N)c1cncn1CC1CCOCC1. The fourth-order valence-corrected chi connectivity index (χ4v) is 2.21. The smallest absolute Gasteiger partial charge is 0.0948 e. The van der Waals surface area contributed by atoms with Crippen LogP contribution in [0.3, 0.4) is 0 Å². The van der Waals surface area contributed by atoms with Gasteiger partial charge in [-0.2, -0.15) is 0 Å². The Morgan fingerprint density at radius 3 is 3.00 bits per heavy atom. The van der Waals surface area contributed by atoms with Gasteiger partial charge in [0, 0.05) is 32.0 Å². The van der Waals surface area contributed by atoms with E-state index in [1.165, 1.54) is 0 Å². The van der Waals surface area contributed by atoms with Gasteiger partial charge in [-0.3, -0.25) is 0 Å². The van der Waals surface area contributed by atoms with Crippen LogP contribution in [0.2, 0.25) is 0 Å². The highest BCUT2D eigenvalue weighted by atomic mass is 16.5. The number of imidazole rings is 1. The van der Waals surface area contributed by atoms with E-state index in [0.717, 1.165) is 44.7 Å². The maximum Gasteiger partial charge on any atom is 0.0948 e. The molecule has 1 saturated heterocycles. The third kappa shape index (κ3) is 2.62. The first kappa shape index (κ1) is 11.6. The molecule has 90 valence electrons. The van der Waals surface area contributed by atoms with E-state index in [2.05, 4.69) is 16.5 Å². The largest absolute Gasteiger partial charge is 0.381 e. The van der Waals surface area contributed by atoms with Crippen LogP contribution in [-0.4, -0.2) is 22.8 Å². The first-order valence-electron chi connectivity index (χ1n) is 6.14. The van der Waals surface area contributed by atoms with Crippen LogP contribution >= 0.6 is 0 Å². The highest BCUT2D eigenvalue weighted by Gasteiger charge is 2.17. The Balaban J connectivity index is 2.00. The second-order valence-corrected chi connectivity index (χ2v) is 4.54. The molecule has 4 nitrogen and oxygen atoms in total. The molecule has 1 aromatic heterocycles. The minimum absolute atomic E-state index is 0.113. The predicted molar refractivity (Wildman–Crippen MR) is 63.0 cm³/mol. The Bertz CT molecular complexity index is 318. The molecule has 0 bridgehead atoms. The van der Waals surface area contributed by atoms with Gasteiger partial charge in [-0.25, -0.2) is 4.98 Å². The molecule has 2 N–H and O–H groups in total. The van der Waals surface area contributed by atoms with Crippen LogP contribution in [0.5, 0.6) is 0 Å². The van der Waals surface area contributed by atoms with Gasteiger partial charge in [0.25, 0.3) is 0 Å². The van der Waals surface area contributed by atoms with Crippen LogP contribution in [-0.2, 0) is 11.3 Å². The van der Waals surface area contributed by atoms with Crippen molar-refractivity contribution in [2.75, 3.05) is 13.2 Å². The molecule has 0 aliphatic carbocycles. The molecular formula is C12H21N3O. The lowest BCUT2D eigenvalue weighted by Crippen LogP contribution is -2.22. The van der Waals surface area contributed by atoms with Crippen molar-refractivity contribution < 1.29 is 4.74 Å². The second-order valence-electron chi connectivity index (χ2n) is 4.54. The van der Waals surface area contributed by atoms with Gasteiger partial charge in [-0.1, -0.05) is 6.92 Å². The van der Waals surface area contributed by atoms with E-state index in [9.17, 15) is 0 Å². The average Bonchev–Trinajstić information content (AvgIpc) is 2.77. The lowest BCUT2D eigenvalue weighted by molar-refractivity contribution is 0.0609. The zero-order chi connectivity index (χ0) is 11.4. The first-order chi connectivity index (χ1) is 7.81. The number of ether oxygens (including phenoxy) is 1. The van der Waals surface area contributed by atoms with Crippen LogP contribution in [0.4, 0.5) is 0 Å². The molecule has 16 heavy (non-hydrogen) atoms. The average molecular weight is 223 g/mol. The molecule has 2 heterocycles. The fraction of sp³-hybridized carbons (Fsp3) is 0.750. The van der Waals surface area contributed by atoms with Crippen LogP contribution in [0.1, 0.15) is 37.9 Å². The normalized spacial score (nSPS) is 19.9. The third-order valence-electron chi connectivity index (χ3n) is 3.36. The van der Waals surface area contributed by atoms with Crippen molar-refractivity contribution in [2.24, 2.45) is 11.7 Å². The standard InChI is InChI=1S/C12H21N3O/c1-2-11(13)12-7-14-9-15(12)8-10-3-5-16-6-4-10/h7,9-11H,2-6,8,13H2,1H3/t11-/m1/s1. The summed E-state index contributed by atoms with van der Waals surface area (Å²) in [7, 11) is 0. The summed E-state index contributed by atoms with van der Waals surface area (Å²) in [6.07, 6.45) is 7.06. The summed E-state index contributed by atoms with van der Waals surface area (Å²) < 4.78 is 7.58. The van der Waals surface area contributed by atoms with E-state index >= 15 is 0 Å². The summed E-state index contributed by atoms with van der Waals surface area (Å²) in [5.41, 5.74) is 7.22. The highest BCUT2D eigenvalue weighted by Crippen LogP contribution is 2.20. The predicted octanol–water partition coefficient (Wildman–Crippen LogP) is 1.72. The Morgan fingerprint density at radius 1 is 1.56 bits per heavy atom. The molecule has 0 amide bonds. The minimum atomic E-state index is 0.113. The van der Waals surface area contributed by atoms with Crippen molar-refractivity contribution in [3.05, 3.63) is 18.2 Å². The molecule has 4 heteroatoms. The maximum absolute atomic E-state index is 6.06. The monoisotopic (exact) mass is 223 g/mol.